The average molecular weight is 332 g/mol. The molecule has 122 valence electrons. The van der Waals surface area contributed by atoms with Crippen molar-refractivity contribution in [2.45, 2.75) is 31.6 Å². The molecule has 0 N–H and O–H groups in total. The molecule has 1 fully saturated rings. The molecule has 0 spiro atoms. The monoisotopic (exact) mass is 331 g/mol. The number of halogens is 1. The fourth-order valence-corrected chi connectivity index (χ4v) is 3.63. The Bertz CT molecular complexity index is 647. The molecule has 1 saturated carbocycles. The zero-order valence-electron chi connectivity index (χ0n) is 13.4. The maximum Gasteiger partial charge on any atom is 0.139 e. The summed E-state index contributed by atoms with van der Waals surface area (Å²) in [7, 11) is 1.74. The van der Waals surface area contributed by atoms with E-state index in [1.165, 1.54) is 31.2 Å². The van der Waals surface area contributed by atoms with Gasteiger partial charge < -0.3 is 9.47 Å². The molecule has 1 aliphatic carbocycles. The molecule has 3 nitrogen and oxygen atoms in total. The third-order valence-corrected chi connectivity index (χ3v) is 4.80. The molecule has 4 heteroatoms. The first-order valence-electron chi connectivity index (χ1n) is 8.14. The Labute approximate surface area is 142 Å². The summed E-state index contributed by atoms with van der Waals surface area (Å²) >= 11 is 5.97. The van der Waals surface area contributed by atoms with E-state index in [4.69, 9.17) is 21.1 Å². The Morgan fingerprint density at radius 3 is 2.83 bits per heavy atom. The molecule has 0 amide bonds. The quantitative estimate of drug-likeness (QED) is 0.764. The van der Waals surface area contributed by atoms with Crippen molar-refractivity contribution >= 4 is 11.6 Å². The summed E-state index contributed by atoms with van der Waals surface area (Å²) in [5.41, 5.74) is 1.30. The number of para-hydroxylation sites is 1. The highest BCUT2D eigenvalue weighted by atomic mass is 35.5. The summed E-state index contributed by atoms with van der Waals surface area (Å²) in [5.74, 6) is 2.68. The van der Waals surface area contributed by atoms with E-state index in [9.17, 15) is 0 Å². The van der Waals surface area contributed by atoms with Crippen molar-refractivity contribution in [2.75, 3.05) is 13.7 Å². The van der Waals surface area contributed by atoms with Crippen LogP contribution in [0, 0.1) is 5.92 Å². The minimum atomic E-state index is 0.479. The maximum atomic E-state index is 5.97. The highest BCUT2D eigenvalue weighted by Crippen LogP contribution is 2.41. The van der Waals surface area contributed by atoms with E-state index in [0.717, 1.165) is 11.5 Å². The van der Waals surface area contributed by atoms with E-state index in [1.807, 2.05) is 18.2 Å². The first-order valence-corrected chi connectivity index (χ1v) is 8.52. The topological polar surface area (TPSA) is 31.4 Å². The summed E-state index contributed by atoms with van der Waals surface area (Å²) < 4.78 is 11.5. The number of rotatable bonds is 5. The van der Waals surface area contributed by atoms with Gasteiger partial charge in [-0.15, -0.1) is 0 Å². The third-order valence-electron chi connectivity index (χ3n) is 4.59. The summed E-state index contributed by atoms with van der Waals surface area (Å²) in [4.78, 5) is 4.08. The molecule has 2 unspecified atom stereocenters. The summed E-state index contributed by atoms with van der Waals surface area (Å²) in [5, 5.41) is 0.604. The van der Waals surface area contributed by atoms with E-state index in [0.29, 0.717) is 23.5 Å². The van der Waals surface area contributed by atoms with Crippen LogP contribution >= 0.6 is 11.6 Å². The summed E-state index contributed by atoms with van der Waals surface area (Å²) in [6, 6.07) is 10.2. The zero-order valence-corrected chi connectivity index (χ0v) is 14.1. The van der Waals surface area contributed by atoms with Gasteiger partial charge in [-0.1, -0.05) is 42.6 Å². The van der Waals surface area contributed by atoms with Gasteiger partial charge in [0.2, 0.25) is 0 Å². The SMILES string of the molecule is COc1ccccc1C1CCCCC1COc1cncc(Cl)c1. The van der Waals surface area contributed by atoms with Crippen molar-refractivity contribution in [3.63, 3.8) is 0 Å². The number of aromatic nitrogens is 1. The van der Waals surface area contributed by atoms with Crippen molar-refractivity contribution in [3.8, 4) is 11.5 Å². The van der Waals surface area contributed by atoms with Crippen LogP contribution in [0.15, 0.2) is 42.7 Å². The van der Waals surface area contributed by atoms with E-state index in [1.54, 1.807) is 19.5 Å². The molecule has 0 radical (unpaired) electrons. The number of ether oxygens (including phenoxy) is 2. The molecule has 0 bridgehead atoms. The van der Waals surface area contributed by atoms with Crippen LogP contribution in [0.2, 0.25) is 5.02 Å². The van der Waals surface area contributed by atoms with Gasteiger partial charge >= 0.3 is 0 Å². The Hall–Kier alpha value is -1.74. The highest BCUT2D eigenvalue weighted by Gasteiger charge is 2.29. The number of hydrogen-bond donors (Lipinski definition) is 0. The highest BCUT2D eigenvalue weighted by molar-refractivity contribution is 6.30. The van der Waals surface area contributed by atoms with Gasteiger partial charge in [-0.05, 0) is 36.3 Å². The Balaban J connectivity index is 1.74. The molecule has 1 aromatic heterocycles. The summed E-state index contributed by atoms with van der Waals surface area (Å²) in [6.07, 6.45) is 8.21. The molecular weight excluding hydrogens is 310 g/mol. The van der Waals surface area contributed by atoms with Gasteiger partial charge in [-0.2, -0.15) is 0 Å². The van der Waals surface area contributed by atoms with E-state index in [-0.39, 0.29) is 0 Å². The predicted octanol–water partition coefficient (Wildman–Crippen LogP) is 5.10. The number of nitrogens with zero attached hydrogens (tertiary/aromatic N) is 1. The second-order valence-corrected chi connectivity index (χ2v) is 6.48. The molecule has 3 rings (SSSR count). The molecule has 0 aliphatic heterocycles. The van der Waals surface area contributed by atoms with Crippen LogP contribution in [0.4, 0.5) is 0 Å². The van der Waals surface area contributed by atoms with Gasteiger partial charge in [0.15, 0.2) is 0 Å². The first kappa shape index (κ1) is 16.1. The second kappa shape index (κ2) is 7.69. The smallest absolute Gasteiger partial charge is 0.139 e. The van der Waals surface area contributed by atoms with Gasteiger partial charge in [-0.25, -0.2) is 0 Å². The molecule has 2 atom stereocenters. The number of hydrogen-bond acceptors (Lipinski definition) is 3. The van der Waals surface area contributed by atoms with Crippen molar-refractivity contribution < 1.29 is 9.47 Å². The van der Waals surface area contributed by atoms with Crippen molar-refractivity contribution in [3.05, 3.63) is 53.3 Å². The molecule has 2 aromatic rings. The summed E-state index contributed by atoms with van der Waals surface area (Å²) in [6.45, 7) is 0.685. The molecule has 1 aromatic carbocycles. The van der Waals surface area contributed by atoms with E-state index in [2.05, 4.69) is 17.1 Å². The normalized spacial score (nSPS) is 21.0. The number of methoxy groups -OCH3 is 1. The number of benzene rings is 1. The molecule has 0 saturated heterocycles. The maximum absolute atomic E-state index is 5.97. The standard InChI is InChI=1S/C19H22ClNO2/c1-22-19-9-5-4-8-18(19)17-7-3-2-6-14(17)13-23-16-10-15(20)11-21-12-16/h4-5,8-12,14,17H,2-3,6-7,13H2,1H3. The third kappa shape index (κ3) is 3.97. The lowest BCUT2D eigenvalue weighted by atomic mass is 9.75. The van der Waals surface area contributed by atoms with Gasteiger partial charge in [0, 0.05) is 12.3 Å². The van der Waals surface area contributed by atoms with E-state index < -0.39 is 0 Å². The van der Waals surface area contributed by atoms with Gasteiger partial charge in [0.25, 0.3) is 0 Å². The largest absolute Gasteiger partial charge is 0.496 e. The van der Waals surface area contributed by atoms with Crippen LogP contribution < -0.4 is 9.47 Å². The van der Waals surface area contributed by atoms with Crippen molar-refractivity contribution in [1.82, 2.24) is 4.98 Å². The zero-order chi connectivity index (χ0) is 16.1. The van der Waals surface area contributed by atoms with Gasteiger partial charge in [0.05, 0.1) is 24.9 Å². The lowest BCUT2D eigenvalue weighted by Gasteiger charge is -2.32. The number of pyridine rings is 1. The lowest BCUT2D eigenvalue weighted by Crippen LogP contribution is -2.24. The Kier molecular flexibility index (Phi) is 5.39. The van der Waals surface area contributed by atoms with Crippen LogP contribution in [0.1, 0.15) is 37.2 Å². The van der Waals surface area contributed by atoms with Gasteiger partial charge in [0.1, 0.15) is 11.5 Å². The van der Waals surface area contributed by atoms with Crippen LogP contribution in [0.3, 0.4) is 0 Å². The van der Waals surface area contributed by atoms with Gasteiger partial charge in [-0.3, -0.25) is 4.98 Å². The predicted molar refractivity (Wildman–Crippen MR) is 92.4 cm³/mol. The van der Waals surface area contributed by atoms with Crippen molar-refractivity contribution in [2.24, 2.45) is 5.92 Å². The fourth-order valence-electron chi connectivity index (χ4n) is 3.46. The minimum absolute atomic E-state index is 0.479. The minimum Gasteiger partial charge on any atom is -0.496 e. The fraction of sp³-hybridized carbons (Fsp3) is 0.421. The molecule has 23 heavy (non-hydrogen) atoms. The lowest BCUT2D eigenvalue weighted by molar-refractivity contribution is 0.184. The molecular formula is C19H22ClNO2. The average Bonchev–Trinajstić information content (AvgIpc) is 2.60. The van der Waals surface area contributed by atoms with Crippen molar-refractivity contribution in [1.29, 1.82) is 0 Å². The van der Waals surface area contributed by atoms with E-state index >= 15 is 0 Å². The Morgan fingerprint density at radius 2 is 2.00 bits per heavy atom. The van der Waals surface area contributed by atoms with Crippen LogP contribution in [-0.2, 0) is 0 Å². The molecule has 1 heterocycles. The Morgan fingerprint density at radius 1 is 1.17 bits per heavy atom. The first-order chi connectivity index (χ1) is 11.3. The molecule has 1 aliphatic rings. The van der Waals surface area contributed by atoms with Crippen LogP contribution in [0.25, 0.3) is 0 Å². The second-order valence-electron chi connectivity index (χ2n) is 6.04. The van der Waals surface area contributed by atoms with Crippen LogP contribution in [-0.4, -0.2) is 18.7 Å². The van der Waals surface area contributed by atoms with Crippen LogP contribution in [0.5, 0.6) is 11.5 Å².